The molecule has 122 valence electrons. The topological polar surface area (TPSA) is 29.5 Å². The summed E-state index contributed by atoms with van der Waals surface area (Å²) in [5.74, 6) is 0.815. The predicted octanol–water partition coefficient (Wildman–Crippen LogP) is 4.29. The molecule has 2 saturated heterocycles. The molecule has 0 bridgehead atoms. The van der Waals surface area contributed by atoms with Gasteiger partial charge in [0.15, 0.2) is 0 Å². The summed E-state index contributed by atoms with van der Waals surface area (Å²) in [4.78, 5) is 16.2. The van der Waals surface area contributed by atoms with Crippen LogP contribution in [-0.2, 0) is 4.74 Å². The number of ether oxygens (including phenoxy) is 1. The summed E-state index contributed by atoms with van der Waals surface area (Å²) in [5.41, 5.74) is 1.27. The summed E-state index contributed by atoms with van der Waals surface area (Å²) >= 11 is 1.75. The SMILES string of the molecule is CC1(C)CCCN(C(=O)c2csc(C3CCOCC3)c2)CC1. The third-order valence-electron chi connectivity index (χ3n) is 5.12. The van der Waals surface area contributed by atoms with Gasteiger partial charge in [-0.15, -0.1) is 11.3 Å². The number of hydrogen-bond donors (Lipinski definition) is 0. The molecule has 2 aliphatic heterocycles. The lowest BCUT2D eigenvalue weighted by Crippen LogP contribution is -2.32. The van der Waals surface area contributed by atoms with E-state index in [0.717, 1.165) is 57.6 Å². The highest BCUT2D eigenvalue weighted by Crippen LogP contribution is 2.33. The van der Waals surface area contributed by atoms with Crippen molar-refractivity contribution in [2.24, 2.45) is 5.41 Å². The molecule has 22 heavy (non-hydrogen) atoms. The Balaban J connectivity index is 1.66. The molecule has 0 aromatic carbocycles. The van der Waals surface area contributed by atoms with Crippen molar-refractivity contribution < 1.29 is 9.53 Å². The Hall–Kier alpha value is -0.870. The van der Waals surface area contributed by atoms with Gasteiger partial charge >= 0.3 is 0 Å². The van der Waals surface area contributed by atoms with Crippen LogP contribution in [0, 0.1) is 5.41 Å². The lowest BCUT2D eigenvalue weighted by atomic mass is 9.85. The number of thiophene rings is 1. The van der Waals surface area contributed by atoms with Crippen LogP contribution < -0.4 is 0 Å². The smallest absolute Gasteiger partial charge is 0.254 e. The Bertz CT molecular complexity index is 517. The van der Waals surface area contributed by atoms with Crippen molar-refractivity contribution in [1.82, 2.24) is 4.90 Å². The minimum atomic E-state index is 0.229. The quantitative estimate of drug-likeness (QED) is 0.813. The molecule has 0 N–H and O–H groups in total. The van der Waals surface area contributed by atoms with E-state index in [4.69, 9.17) is 4.74 Å². The van der Waals surface area contributed by atoms with Crippen molar-refractivity contribution in [3.63, 3.8) is 0 Å². The Morgan fingerprint density at radius 3 is 2.82 bits per heavy atom. The van der Waals surface area contributed by atoms with Gasteiger partial charge in [0.1, 0.15) is 0 Å². The van der Waals surface area contributed by atoms with Crippen LogP contribution in [0.2, 0.25) is 0 Å². The van der Waals surface area contributed by atoms with E-state index in [9.17, 15) is 4.79 Å². The van der Waals surface area contributed by atoms with E-state index in [0.29, 0.717) is 11.3 Å². The first kappa shape index (κ1) is 16.0. The van der Waals surface area contributed by atoms with Crippen molar-refractivity contribution in [1.29, 1.82) is 0 Å². The van der Waals surface area contributed by atoms with Crippen LogP contribution in [0.15, 0.2) is 11.4 Å². The number of amides is 1. The molecule has 3 heterocycles. The van der Waals surface area contributed by atoms with Gasteiger partial charge in [0.25, 0.3) is 5.91 Å². The van der Waals surface area contributed by atoms with E-state index in [1.54, 1.807) is 11.3 Å². The number of carbonyl (C=O) groups is 1. The van der Waals surface area contributed by atoms with Crippen molar-refractivity contribution in [3.8, 4) is 0 Å². The summed E-state index contributed by atoms with van der Waals surface area (Å²) in [6, 6.07) is 2.14. The molecular weight excluding hydrogens is 294 g/mol. The molecule has 0 atom stereocenters. The molecule has 0 radical (unpaired) electrons. The molecule has 2 fully saturated rings. The zero-order valence-corrected chi connectivity index (χ0v) is 14.6. The Kier molecular flexibility index (Phi) is 4.88. The summed E-state index contributed by atoms with van der Waals surface area (Å²) in [7, 11) is 0. The Morgan fingerprint density at radius 1 is 1.27 bits per heavy atom. The molecular formula is C18H27NO2S. The van der Waals surface area contributed by atoms with E-state index in [2.05, 4.69) is 30.2 Å². The Morgan fingerprint density at radius 2 is 2.05 bits per heavy atom. The van der Waals surface area contributed by atoms with Gasteiger partial charge in [-0.05, 0) is 49.5 Å². The number of hydrogen-bond acceptors (Lipinski definition) is 3. The summed E-state index contributed by atoms with van der Waals surface area (Å²) < 4.78 is 5.43. The second-order valence-corrected chi connectivity index (χ2v) is 8.38. The molecule has 0 spiro atoms. The van der Waals surface area contributed by atoms with E-state index in [1.807, 2.05) is 0 Å². The molecule has 1 aromatic heterocycles. The molecule has 4 heteroatoms. The fourth-order valence-electron chi connectivity index (χ4n) is 3.47. The second kappa shape index (κ2) is 6.71. The summed E-state index contributed by atoms with van der Waals surface area (Å²) in [6.07, 6.45) is 5.62. The van der Waals surface area contributed by atoms with Crippen LogP contribution >= 0.6 is 11.3 Å². The standard InChI is InChI=1S/C18H27NO2S/c1-18(2)6-3-8-19(9-7-18)17(20)15-12-16(22-13-15)14-4-10-21-11-5-14/h12-14H,3-11H2,1-2H3. The maximum Gasteiger partial charge on any atom is 0.254 e. The Labute approximate surface area is 137 Å². The lowest BCUT2D eigenvalue weighted by molar-refractivity contribution is 0.0757. The van der Waals surface area contributed by atoms with Crippen LogP contribution in [0.5, 0.6) is 0 Å². The second-order valence-electron chi connectivity index (χ2n) is 7.43. The van der Waals surface area contributed by atoms with Gasteiger partial charge in [0.05, 0.1) is 5.56 Å². The average molecular weight is 321 g/mol. The van der Waals surface area contributed by atoms with Crippen LogP contribution in [0.4, 0.5) is 0 Å². The fourth-order valence-corrected chi connectivity index (χ4v) is 4.52. The fraction of sp³-hybridized carbons (Fsp3) is 0.722. The van der Waals surface area contributed by atoms with Gasteiger partial charge in [-0.3, -0.25) is 4.79 Å². The normalized spacial score (nSPS) is 23.3. The number of likely N-dealkylation sites (tertiary alicyclic amines) is 1. The zero-order valence-electron chi connectivity index (χ0n) is 13.8. The van der Waals surface area contributed by atoms with Crippen molar-refractivity contribution >= 4 is 17.2 Å². The van der Waals surface area contributed by atoms with Crippen molar-refractivity contribution in [2.45, 2.75) is 51.9 Å². The third kappa shape index (κ3) is 3.72. The van der Waals surface area contributed by atoms with E-state index in [-0.39, 0.29) is 5.91 Å². The van der Waals surface area contributed by atoms with Crippen LogP contribution in [-0.4, -0.2) is 37.1 Å². The molecule has 0 saturated carbocycles. The minimum absolute atomic E-state index is 0.229. The van der Waals surface area contributed by atoms with E-state index in [1.165, 1.54) is 11.3 Å². The van der Waals surface area contributed by atoms with Crippen LogP contribution in [0.1, 0.15) is 67.1 Å². The van der Waals surface area contributed by atoms with E-state index >= 15 is 0 Å². The first-order valence-corrected chi connectivity index (χ1v) is 9.39. The number of carbonyl (C=O) groups excluding carboxylic acids is 1. The summed E-state index contributed by atoms with van der Waals surface area (Å²) in [6.45, 7) is 8.14. The highest BCUT2D eigenvalue weighted by molar-refractivity contribution is 7.10. The molecule has 3 nitrogen and oxygen atoms in total. The minimum Gasteiger partial charge on any atom is -0.381 e. The van der Waals surface area contributed by atoms with Gasteiger partial charge in [-0.1, -0.05) is 13.8 Å². The molecule has 0 aliphatic carbocycles. The third-order valence-corrected chi connectivity index (χ3v) is 6.21. The monoisotopic (exact) mass is 321 g/mol. The molecule has 1 aromatic rings. The largest absolute Gasteiger partial charge is 0.381 e. The van der Waals surface area contributed by atoms with Gasteiger partial charge in [-0.2, -0.15) is 0 Å². The first-order chi connectivity index (χ1) is 10.6. The maximum atomic E-state index is 12.8. The average Bonchev–Trinajstić information content (AvgIpc) is 2.93. The van der Waals surface area contributed by atoms with Crippen LogP contribution in [0.25, 0.3) is 0 Å². The van der Waals surface area contributed by atoms with Gasteiger partial charge in [-0.25, -0.2) is 0 Å². The van der Waals surface area contributed by atoms with Gasteiger partial charge in [0, 0.05) is 36.6 Å². The van der Waals surface area contributed by atoms with Crippen LogP contribution in [0.3, 0.4) is 0 Å². The van der Waals surface area contributed by atoms with E-state index < -0.39 is 0 Å². The van der Waals surface area contributed by atoms with Gasteiger partial charge < -0.3 is 9.64 Å². The maximum absolute atomic E-state index is 12.8. The number of nitrogens with zero attached hydrogens (tertiary/aromatic N) is 1. The molecule has 2 aliphatic rings. The lowest BCUT2D eigenvalue weighted by Gasteiger charge is -2.23. The highest BCUT2D eigenvalue weighted by atomic mass is 32.1. The van der Waals surface area contributed by atoms with Gasteiger partial charge in [0.2, 0.25) is 0 Å². The summed E-state index contributed by atoms with van der Waals surface area (Å²) in [5, 5.41) is 2.06. The van der Waals surface area contributed by atoms with Crippen molar-refractivity contribution in [2.75, 3.05) is 26.3 Å². The first-order valence-electron chi connectivity index (χ1n) is 8.51. The zero-order chi connectivity index (χ0) is 15.6. The molecule has 3 rings (SSSR count). The van der Waals surface area contributed by atoms with Crippen molar-refractivity contribution in [3.05, 3.63) is 21.9 Å². The molecule has 1 amide bonds. The number of rotatable bonds is 2. The predicted molar refractivity (Wildman–Crippen MR) is 90.6 cm³/mol. The molecule has 0 unspecified atom stereocenters. The highest BCUT2D eigenvalue weighted by Gasteiger charge is 2.27.